The monoisotopic (exact) mass is 183 g/mol. The van der Waals surface area contributed by atoms with Gasteiger partial charge in [0.2, 0.25) is 5.78 Å². The first-order valence-corrected chi connectivity index (χ1v) is 4.23. The zero-order valence-corrected chi connectivity index (χ0v) is 7.77. The van der Waals surface area contributed by atoms with Crippen LogP contribution >= 0.6 is 11.3 Å². The van der Waals surface area contributed by atoms with Crippen LogP contribution in [-0.4, -0.2) is 17.9 Å². The molecule has 0 aliphatic carbocycles. The lowest BCUT2D eigenvalue weighted by molar-refractivity contribution is 0.103. The maximum atomic E-state index is 11.3. The van der Waals surface area contributed by atoms with Gasteiger partial charge >= 0.3 is 0 Å². The first-order valence-electron chi connectivity index (χ1n) is 3.35. The maximum absolute atomic E-state index is 11.3. The zero-order valence-electron chi connectivity index (χ0n) is 6.96. The summed E-state index contributed by atoms with van der Waals surface area (Å²) in [6.07, 6.45) is 0. The molecular weight excluding hydrogens is 174 g/mol. The molecule has 4 heteroatoms. The first-order chi connectivity index (χ1) is 5.65. The number of aromatic nitrogens is 1. The normalized spacial score (nSPS) is 9.50. The minimum atomic E-state index is -0.130. The Morgan fingerprint density at radius 2 is 2.42 bits per heavy atom. The van der Waals surface area contributed by atoms with Crippen molar-refractivity contribution in [3.8, 4) is 5.19 Å². The van der Waals surface area contributed by atoms with Crippen LogP contribution < -0.4 is 4.74 Å². The number of nitrogens with zero attached hydrogens (tertiary/aromatic N) is 1. The van der Waals surface area contributed by atoms with E-state index in [4.69, 9.17) is 4.74 Å². The molecule has 0 N–H and O–H groups in total. The van der Waals surface area contributed by atoms with E-state index in [2.05, 4.69) is 11.6 Å². The third-order valence-corrected chi connectivity index (χ3v) is 2.08. The van der Waals surface area contributed by atoms with Gasteiger partial charge in [-0.05, 0) is 12.5 Å². The molecular formula is C8H9NO2S. The fourth-order valence-corrected chi connectivity index (χ4v) is 1.29. The van der Waals surface area contributed by atoms with Gasteiger partial charge in [-0.25, -0.2) is 0 Å². The highest BCUT2D eigenvalue weighted by molar-refractivity contribution is 7.11. The van der Waals surface area contributed by atoms with Crippen LogP contribution in [0.15, 0.2) is 17.5 Å². The van der Waals surface area contributed by atoms with Crippen LogP contribution in [0.1, 0.15) is 17.4 Å². The molecule has 1 aromatic heterocycles. The Balaban J connectivity index is 2.89. The number of hydrogen-bond acceptors (Lipinski definition) is 4. The molecule has 0 unspecified atom stereocenters. The molecule has 0 atom stereocenters. The van der Waals surface area contributed by atoms with E-state index in [0.717, 1.165) is 0 Å². The van der Waals surface area contributed by atoms with E-state index in [1.54, 1.807) is 12.3 Å². The molecule has 0 aromatic carbocycles. The van der Waals surface area contributed by atoms with Gasteiger partial charge in [0.15, 0.2) is 0 Å². The quantitative estimate of drug-likeness (QED) is 0.530. The number of hydrogen-bond donors (Lipinski definition) is 0. The van der Waals surface area contributed by atoms with E-state index >= 15 is 0 Å². The largest absolute Gasteiger partial charge is 0.473 e. The molecule has 1 aromatic rings. The summed E-state index contributed by atoms with van der Waals surface area (Å²) in [5.41, 5.74) is 0.896. The van der Waals surface area contributed by atoms with Crippen molar-refractivity contribution < 1.29 is 9.53 Å². The first kappa shape index (κ1) is 8.93. The Bertz CT molecular complexity index is 317. The molecule has 3 nitrogen and oxygen atoms in total. The summed E-state index contributed by atoms with van der Waals surface area (Å²) >= 11 is 1.30. The number of ether oxygens (including phenoxy) is 1. The summed E-state index contributed by atoms with van der Waals surface area (Å²) in [7, 11) is 1.52. The number of rotatable bonds is 3. The molecule has 0 radical (unpaired) electrons. The second kappa shape index (κ2) is 3.49. The van der Waals surface area contributed by atoms with Crippen LogP contribution in [0.2, 0.25) is 0 Å². The van der Waals surface area contributed by atoms with Crippen LogP contribution in [0.4, 0.5) is 0 Å². The number of methoxy groups -OCH3 is 1. The Hall–Kier alpha value is -1.16. The average Bonchev–Trinajstić information content (AvgIpc) is 2.50. The summed E-state index contributed by atoms with van der Waals surface area (Å²) in [6.45, 7) is 5.20. The Morgan fingerprint density at radius 3 is 2.83 bits per heavy atom. The van der Waals surface area contributed by atoms with Gasteiger partial charge in [-0.2, -0.15) is 4.98 Å². The van der Waals surface area contributed by atoms with Gasteiger partial charge in [-0.1, -0.05) is 17.9 Å². The molecule has 64 valence electrons. The lowest BCUT2D eigenvalue weighted by Crippen LogP contribution is -1.99. The summed E-state index contributed by atoms with van der Waals surface area (Å²) in [5.74, 6) is -0.130. The molecule has 1 heterocycles. The van der Waals surface area contributed by atoms with Crippen molar-refractivity contribution in [2.24, 2.45) is 0 Å². The van der Waals surface area contributed by atoms with Gasteiger partial charge in [0.05, 0.1) is 7.11 Å². The van der Waals surface area contributed by atoms with Crippen LogP contribution in [0.5, 0.6) is 5.19 Å². The molecule has 0 fully saturated rings. The third-order valence-electron chi connectivity index (χ3n) is 1.28. The number of carbonyl (C=O) groups is 1. The molecule has 0 saturated heterocycles. The van der Waals surface area contributed by atoms with E-state index in [0.29, 0.717) is 16.5 Å². The summed E-state index contributed by atoms with van der Waals surface area (Å²) in [5, 5.41) is 2.16. The van der Waals surface area contributed by atoms with Crippen molar-refractivity contribution >= 4 is 17.1 Å². The molecule has 0 amide bonds. The van der Waals surface area contributed by atoms with Crippen molar-refractivity contribution in [1.29, 1.82) is 0 Å². The van der Waals surface area contributed by atoms with E-state index in [1.807, 2.05) is 0 Å². The number of thiazole rings is 1. The van der Waals surface area contributed by atoms with Gasteiger partial charge in [-0.15, -0.1) is 0 Å². The van der Waals surface area contributed by atoms with Crippen molar-refractivity contribution in [2.45, 2.75) is 6.92 Å². The number of ketones is 1. The predicted octanol–water partition coefficient (Wildman–Crippen LogP) is 1.91. The summed E-state index contributed by atoms with van der Waals surface area (Å²) < 4.78 is 4.85. The minimum Gasteiger partial charge on any atom is -0.473 e. The van der Waals surface area contributed by atoms with Crippen molar-refractivity contribution in [1.82, 2.24) is 4.98 Å². The van der Waals surface area contributed by atoms with Gasteiger partial charge < -0.3 is 4.74 Å². The fourth-order valence-electron chi connectivity index (χ4n) is 0.674. The topological polar surface area (TPSA) is 39.2 Å². The molecule has 0 aliphatic heterocycles. The summed E-state index contributed by atoms with van der Waals surface area (Å²) in [4.78, 5) is 15.2. The highest BCUT2D eigenvalue weighted by Crippen LogP contribution is 2.18. The highest BCUT2D eigenvalue weighted by atomic mass is 32.1. The fraction of sp³-hybridized carbons (Fsp3) is 0.250. The van der Waals surface area contributed by atoms with E-state index in [9.17, 15) is 4.79 Å². The van der Waals surface area contributed by atoms with Crippen LogP contribution in [0.25, 0.3) is 0 Å². The maximum Gasteiger partial charge on any atom is 0.273 e. The van der Waals surface area contributed by atoms with E-state index in [1.165, 1.54) is 18.4 Å². The van der Waals surface area contributed by atoms with E-state index in [-0.39, 0.29) is 5.78 Å². The van der Waals surface area contributed by atoms with Crippen molar-refractivity contribution in [3.05, 3.63) is 23.2 Å². The number of allylic oxidation sites excluding steroid dienone is 1. The zero-order chi connectivity index (χ0) is 9.14. The lowest BCUT2D eigenvalue weighted by Gasteiger charge is -1.92. The van der Waals surface area contributed by atoms with Gasteiger partial charge in [0.1, 0.15) is 5.69 Å². The van der Waals surface area contributed by atoms with Crippen LogP contribution in [-0.2, 0) is 0 Å². The third kappa shape index (κ3) is 1.71. The Morgan fingerprint density at radius 1 is 1.75 bits per heavy atom. The molecule has 1 rings (SSSR count). The highest BCUT2D eigenvalue weighted by Gasteiger charge is 2.10. The van der Waals surface area contributed by atoms with Crippen LogP contribution in [0.3, 0.4) is 0 Å². The minimum absolute atomic E-state index is 0.130. The number of carbonyl (C=O) groups excluding carboxylic acids is 1. The molecule has 0 saturated carbocycles. The second-order valence-corrected chi connectivity index (χ2v) is 3.13. The number of Topliss-reactive ketones (excluding diaryl/α,β-unsaturated/α-hetero) is 1. The van der Waals surface area contributed by atoms with Gasteiger partial charge in [0, 0.05) is 5.38 Å². The Kier molecular flexibility index (Phi) is 2.60. The van der Waals surface area contributed by atoms with Gasteiger partial charge in [0.25, 0.3) is 5.19 Å². The molecule has 12 heavy (non-hydrogen) atoms. The SMILES string of the molecule is C=C(C)C(=O)c1csc(OC)n1. The van der Waals surface area contributed by atoms with Crippen molar-refractivity contribution in [3.63, 3.8) is 0 Å². The lowest BCUT2D eigenvalue weighted by atomic mass is 10.2. The summed E-state index contributed by atoms with van der Waals surface area (Å²) in [6, 6.07) is 0. The van der Waals surface area contributed by atoms with Crippen LogP contribution in [0, 0.1) is 0 Å². The molecule has 0 aliphatic rings. The average molecular weight is 183 g/mol. The molecule has 0 spiro atoms. The smallest absolute Gasteiger partial charge is 0.273 e. The van der Waals surface area contributed by atoms with Crippen molar-refractivity contribution in [2.75, 3.05) is 7.11 Å². The Labute approximate surface area is 74.7 Å². The van der Waals surface area contributed by atoms with Gasteiger partial charge in [-0.3, -0.25) is 4.79 Å². The standard InChI is InChI=1S/C8H9NO2S/c1-5(2)7(10)6-4-12-8(9-6)11-3/h4H,1H2,2-3H3. The molecule has 0 bridgehead atoms. The predicted molar refractivity (Wildman–Crippen MR) is 47.8 cm³/mol. The second-order valence-electron chi connectivity index (χ2n) is 2.31. The van der Waals surface area contributed by atoms with E-state index < -0.39 is 0 Å².